The van der Waals surface area contributed by atoms with Gasteiger partial charge < -0.3 is 14.6 Å². The second kappa shape index (κ2) is 8.30. The molecule has 1 aromatic heterocycles. The van der Waals surface area contributed by atoms with Crippen molar-refractivity contribution in [1.29, 1.82) is 0 Å². The molecule has 1 atom stereocenters. The van der Waals surface area contributed by atoms with Gasteiger partial charge in [-0.05, 0) is 24.5 Å². The fourth-order valence-corrected chi connectivity index (χ4v) is 3.94. The summed E-state index contributed by atoms with van der Waals surface area (Å²) in [6.45, 7) is 2.24. The normalized spacial score (nSPS) is 16.9. The van der Waals surface area contributed by atoms with Gasteiger partial charge in [-0.25, -0.2) is 4.98 Å². The Hall–Kier alpha value is -3.08. The SMILES string of the molecule is O=C(Cc1ccccc1O)N1CCC[C@@H](c2nccn2Cc2ccccc2)C1. The van der Waals surface area contributed by atoms with Crippen LogP contribution in [0.4, 0.5) is 0 Å². The first-order valence-electron chi connectivity index (χ1n) is 9.80. The zero-order valence-electron chi connectivity index (χ0n) is 15.9. The summed E-state index contributed by atoms with van der Waals surface area (Å²) in [5.41, 5.74) is 1.92. The molecule has 1 aliphatic heterocycles. The van der Waals surface area contributed by atoms with E-state index in [1.807, 2.05) is 41.6 Å². The minimum atomic E-state index is 0.0624. The van der Waals surface area contributed by atoms with Crippen LogP contribution in [0, 0.1) is 0 Å². The van der Waals surface area contributed by atoms with Crippen molar-refractivity contribution in [3.8, 4) is 5.75 Å². The van der Waals surface area contributed by atoms with Gasteiger partial charge in [0.05, 0.1) is 6.42 Å². The van der Waals surface area contributed by atoms with Crippen molar-refractivity contribution in [2.24, 2.45) is 0 Å². The number of amides is 1. The summed E-state index contributed by atoms with van der Waals surface area (Å²) < 4.78 is 2.19. The highest BCUT2D eigenvalue weighted by atomic mass is 16.3. The topological polar surface area (TPSA) is 58.4 Å². The highest BCUT2D eigenvalue weighted by Crippen LogP contribution is 2.27. The highest BCUT2D eigenvalue weighted by molar-refractivity contribution is 5.79. The smallest absolute Gasteiger partial charge is 0.227 e. The Morgan fingerprint density at radius 3 is 2.71 bits per heavy atom. The number of carbonyl (C=O) groups excluding carboxylic acids is 1. The van der Waals surface area contributed by atoms with Gasteiger partial charge in [0.1, 0.15) is 11.6 Å². The van der Waals surface area contributed by atoms with Crippen molar-refractivity contribution in [3.05, 3.63) is 83.9 Å². The third-order valence-electron chi connectivity index (χ3n) is 5.42. The summed E-state index contributed by atoms with van der Waals surface area (Å²) in [7, 11) is 0. The number of aromatic nitrogens is 2. The number of benzene rings is 2. The summed E-state index contributed by atoms with van der Waals surface area (Å²) >= 11 is 0. The average molecular weight is 375 g/mol. The van der Waals surface area contributed by atoms with E-state index >= 15 is 0 Å². The van der Waals surface area contributed by atoms with E-state index in [-0.39, 0.29) is 24.0 Å². The van der Waals surface area contributed by atoms with Crippen LogP contribution in [-0.2, 0) is 17.8 Å². The first kappa shape index (κ1) is 18.3. The molecule has 4 rings (SSSR count). The van der Waals surface area contributed by atoms with Crippen LogP contribution in [0.1, 0.15) is 35.7 Å². The van der Waals surface area contributed by atoms with E-state index in [4.69, 9.17) is 0 Å². The van der Waals surface area contributed by atoms with Crippen molar-refractivity contribution in [2.75, 3.05) is 13.1 Å². The van der Waals surface area contributed by atoms with Gasteiger partial charge in [-0.2, -0.15) is 0 Å². The van der Waals surface area contributed by atoms with Crippen LogP contribution >= 0.6 is 0 Å². The number of piperidine rings is 1. The molecule has 1 amide bonds. The molecule has 0 aliphatic carbocycles. The van der Waals surface area contributed by atoms with Gasteiger partial charge in [0.2, 0.25) is 5.91 Å². The van der Waals surface area contributed by atoms with Crippen LogP contribution in [0.5, 0.6) is 5.75 Å². The Morgan fingerprint density at radius 1 is 1.11 bits per heavy atom. The summed E-state index contributed by atoms with van der Waals surface area (Å²) in [6.07, 6.45) is 6.10. The zero-order chi connectivity index (χ0) is 19.3. The van der Waals surface area contributed by atoms with Crippen molar-refractivity contribution in [3.63, 3.8) is 0 Å². The number of nitrogens with zero attached hydrogens (tertiary/aromatic N) is 3. The van der Waals surface area contributed by atoms with Gasteiger partial charge >= 0.3 is 0 Å². The first-order valence-corrected chi connectivity index (χ1v) is 9.80. The fraction of sp³-hybridized carbons (Fsp3) is 0.304. The van der Waals surface area contributed by atoms with Crippen molar-refractivity contribution in [1.82, 2.24) is 14.5 Å². The molecule has 1 saturated heterocycles. The van der Waals surface area contributed by atoms with Crippen molar-refractivity contribution in [2.45, 2.75) is 31.7 Å². The Labute approximate surface area is 165 Å². The summed E-state index contributed by atoms with van der Waals surface area (Å²) in [5, 5.41) is 9.95. The minimum absolute atomic E-state index is 0.0624. The number of aromatic hydroxyl groups is 1. The molecule has 144 valence electrons. The van der Waals surface area contributed by atoms with Gasteiger partial charge in [-0.3, -0.25) is 4.79 Å². The predicted molar refractivity (Wildman–Crippen MR) is 108 cm³/mol. The molecule has 3 aromatic rings. The van der Waals surface area contributed by atoms with E-state index in [2.05, 4.69) is 21.7 Å². The number of hydrogen-bond acceptors (Lipinski definition) is 3. The van der Waals surface area contributed by atoms with Crippen LogP contribution in [0.15, 0.2) is 67.0 Å². The second-order valence-electron chi connectivity index (χ2n) is 7.38. The zero-order valence-corrected chi connectivity index (χ0v) is 15.9. The maximum atomic E-state index is 12.8. The van der Waals surface area contributed by atoms with Crippen LogP contribution in [0.3, 0.4) is 0 Å². The molecule has 0 unspecified atom stereocenters. The Morgan fingerprint density at radius 2 is 1.89 bits per heavy atom. The summed E-state index contributed by atoms with van der Waals surface area (Å²) in [4.78, 5) is 19.3. The molecule has 1 fully saturated rings. The molecule has 2 aromatic carbocycles. The molecule has 0 spiro atoms. The van der Waals surface area contributed by atoms with Gasteiger partial charge in [0, 0.05) is 43.5 Å². The van der Waals surface area contributed by atoms with E-state index in [1.165, 1.54) is 5.56 Å². The second-order valence-corrected chi connectivity index (χ2v) is 7.38. The van der Waals surface area contributed by atoms with Gasteiger partial charge in [-0.15, -0.1) is 0 Å². The number of carbonyl (C=O) groups is 1. The Bertz CT molecular complexity index is 936. The number of phenols is 1. The third kappa shape index (κ3) is 4.09. The number of hydrogen-bond donors (Lipinski definition) is 1. The lowest BCUT2D eigenvalue weighted by molar-refractivity contribution is -0.131. The fourth-order valence-electron chi connectivity index (χ4n) is 3.94. The first-order chi connectivity index (χ1) is 13.7. The van der Waals surface area contributed by atoms with E-state index in [1.54, 1.807) is 18.2 Å². The molecule has 28 heavy (non-hydrogen) atoms. The monoisotopic (exact) mass is 375 g/mol. The maximum absolute atomic E-state index is 12.8. The summed E-state index contributed by atoms with van der Waals surface area (Å²) in [6, 6.07) is 17.4. The Kier molecular flexibility index (Phi) is 5.42. The van der Waals surface area contributed by atoms with Crippen molar-refractivity contribution < 1.29 is 9.90 Å². The summed E-state index contributed by atoms with van der Waals surface area (Å²) in [5.74, 6) is 1.53. The predicted octanol–water partition coefficient (Wildman–Crippen LogP) is 3.59. The van der Waals surface area contributed by atoms with Crippen LogP contribution in [-0.4, -0.2) is 38.6 Å². The number of rotatable bonds is 5. The Balaban J connectivity index is 1.45. The molecule has 1 aliphatic rings. The third-order valence-corrected chi connectivity index (χ3v) is 5.42. The molecule has 0 saturated carbocycles. The number of para-hydroxylation sites is 1. The van der Waals surface area contributed by atoms with E-state index in [0.29, 0.717) is 12.1 Å². The standard InChI is InChI=1S/C23H25N3O2/c27-21-11-5-4-9-19(21)15-22(28)25-13-6-10-20(17-25)23-24-12-14-26(23)16-18-7-2-1-3-8-18/h1-5,7-9,11-12,14,20,27H,6,10,13,15-17H2/t20-/m1/s1. The molecular formula is C23H25N3O2. The van der Waals surface area contributed by atoms with E-state index in [9.17, 15) is 9.90 Å². The van der Waals surface area contributed by atoms with Crippen LogP contribution in [0.2, 0.25) is 0 Å². The van der Waals surface area contributed by atoms with E-state index < -0.39 is 0 Å². The quantitative estimate of drug-likeness (QED) is 0.741. The molecule has 5 heteroatoms. The molecule has 0 bridgehead atoms. The maximum Gasteiger partial charge on any atom is 0.227 e. The molecule has 5 nitrogen and oxygen atoms in total. The molecular weight excluding hydrogens is 350 g/mol. The number of likely N-dealkylation sites (tertiary alicyclic amines) is 1. The van der Waals surface area contributed by atoms with Gasteiger partial charge in [0.15, 0.2) is 0 Å². The van der Waals surface area contributed by atoms with Gasteiger partial charge in [-0.1, -0.05) is 48.5 Å². The molecule has 0 radical (unpaired) electrons. The van der Waals surface area contributed by atoms with Crippen LogP contribution in [0.25, 0.3) is 0 Å². The van der Waals surface area contributed by atoms with E-state index in [0.717, 1.165) is 31.8 Å². The highest BCUT2D eigenvalue weighted by Gasteiger charge is 2.27. The van der Waals surface area contributed by atoms with Crippen LogP contribution < -0.4 is 0 Å². The lowest BCUT2D eigenvalue weighted by Gasteiger charge is -2.33. The number of phenolic OH excluding ortho intramolecular Hbond substituents is 1. The lowest BCUT2D eigenvalue weighted by atomic mass is 9.96. The molecule has 1 N–H and O–H groups in total. The van der Waals surface area contributed by atoms with Gasteiger partial charge in [0.25, 0.3) is 0 Å². The lowest BCUT2D eigenvalue weighted by Crippen LogP contribution is -2.40. The number of imidazole rings is 1. The largest absolute Gasteiger partial charge is 0.508 e. The molecule has 2 heterocycles. The van der Waals surface area contributed by atoms with Crippen molar-refractivity contribution >= 4 is 5.91 Å². The average Bonchev–Trinajstić information content (AvgIpc) is 3.19. The minimum Gasteiger partial charge on any atom is -0.508 e.